The summed E-state index contributed by atoms with van der Waals surface area (Å²) in [6.45, 7) is 6.84. The summed E-state index contributed by atoms with van der Waals surface area (Å²) < 4.78 is 12.8. The van der Waals surface area contributed by atoms with Crippen molar-refractivity contribution < 1.29 is 38.2 Å². The van der Waals surface area contributed by atoms with E-state index >= 15 is 0 Å². The van der Waals surface area contributed by atoms with Gasteiger partial charge in [0, 0.05) is 47.6 Å². The summed E-state index contributed by atoms with van der Waals surface area (Å²) in [4.78, 5) is 21.7. The maximum atomic E-state index is 13.1. The lowest BCUT2D eigenvalue weighted by Crippen LogP contribution is -3.00. The van der Waals surface area contributed by atoms with E-state index in [4.69, 9.17) is 9.47 Å². The molecule has 0 spiro atoms. The minimum absolute atomic E-state index is 0. The molecule has 7 nitrogen and oxygen atoms in total. The topological polar surface area (TPSA) is 78.3 Å². The molecular weight excluding hydrogens is 483 g/mol. The summed E-state index contributed by atoms with van der Waals surface area (Å²) in [5.41, 5.74) is 3.44. The Morgan fingerprint density at radius 3 is 2.72 bits per heavy atom. The number of Topliss-reactive ketones (excluding diaryl/α,β-unsaturated/α-hetero) is 1. The second kappa shape index (κ2) is 10.0. The van der Waals surface area contributed by atoms with E-state index in [1.54, 1.807) is 13.3 Å². The van der Waals surface area contributed by atoms with Gasteiger partial charge in [-0.3, -0.25) is 4.79 Å². The second-order valence-electron chi connectivity index (χ2n) is 6.61. The molecule has 0 atom stereocenters. The number of methoxy groups -OCH3 is 1. The Hall–Kier alpha value is -2.20. The normalized spacial score (nSPS) is 10.7. The van der Waals surface area contributed by atoms with Crippen molar-refractivity contribution in [2.75, 3.05) is 25.6 Å². The Bertz CT molecular complexity index is 1020. The first kappa shape index (κ1) is 23.1. The molecule has 1 aromatic carbocycles. The van der Waals surface area contributed by atoms with Gasteiger partial charge >= 0.3 is 0 Å². The number of aryl methyl sites for hydroxylation is 2. The van der Waals surface area contributed by atoms with Crippen LogP contribution in [0, 0.1) is 13.8 Å². The predicted octanol–water partition coefficient (Wildman–Crippen LogP) is 0.429. The lowest BCUT2D eigenvalue weighted by atomic mass is 10.1. The maximum Gasteiger partial charge on any atom is 0.184 e. The Kier molecular flexibility index (Phi) is 7.97. The van der Waals surface area contributed by atoms with Crippen LogP contribution in [-0.2, 0) is 18.4 Å². The quantitative estimate of drug-likeness (QED) is 0.351. The zero-order valence-electron chi connectivity index (χ0n) is 17.4. The molecule has 0 amide bonds. The van der Waals surface area contributed by atoms with Gasteiger partial charge in [-0.2, -0.15) is 0 Å². The molecule has 2 heterocycles. The van der Waals surface area contributed by atoms with E-state index in [-0.39, 0.29) is 36.3 Å². The first-order chi connectivity index (χ1) is 13.5. The van der Waals surface area contributed by atoms with Gasteiger partial charge in [0.15, 0.2) is 5.78 Å². The maximum absolute atomic E-state index is 13.1. The summed E-state index contributed by atoms with van der Waals surface area (Å²) >= 11 is 0. The number of anilines is 1. The lowest BCUT2D eigenvalue weighted by molar-refractivity contribution is -0.0000149. The minimum Gasteiger partial charge on any atom is -1.00 e. The zero-order chi connectivity index (χ0) is 20.3. The molecule has 0 aliphatic heterocycles. The van der Waals surface area contributed by atoms with E-state index in [2.05, 4.69) is 15.3 Å². The zero-order valence-corrected chi connectivity index (χ0v) is 19.5. The van der Waals surface area contributed by atoms with Gasteiger partial charge in [-0.25, -0.2) is 9.97 Å². The molecule has 0 saturated carbocycles. The predicted molar refractivity (Wildman–Crippen MR) is 109 cm³/mol. The first-order valence-corrected chi connectivity index (χ1v) is 9.26. The van der Waals surface area contributed by atoms with Crippen LogP contribution < -0.4 is 34.0 Å². The van der Waals surface area contributed by atoms with E-state index in [9.17, 15) is 4.79 Å². The molecule has 1 N–H and O–H groups in total. The number of ketones is 1. The first-order valence-electron chi connectivity index (χ1n) is 9.26. The smallest absolute Gasteiger partial charge is 0.184 e. The van der Waals surface area contributed by atoms with E-state index < -0.39 is 0 Å². The van der Waals surface area contributed by atoms with Crippen molar-refractivity contribution in [3.8, 4) is 5.75 Å². The van der Waals surface area contributed by atoms with Gasteiger partial charge in [0.05, 0.1) is 20.3 Å². The van der Waals surface area contributed by atoms with Crippen LogP contribution >= 0.6 is 0 Å². The third-order valence-corrected chi connectivity index (χ3v) is 4.84. The molecule has 0 aliphatic carbocycles. The van der Waals surface area contributed by atoms with Gasteiger partial charge in [-0.1, -0.05) is 0 Å². The van der Waals surface area contributed by atoms with Gasteiger partial charge in [-0.05, 0) is 39.0 Å². The number of ether oxygens (including phenoxy) is 2. The number of hydrogen-bond acceptors (Lipinski definition) is 6. The Labute approximate surface area is 187 Å². The standard InChI is InChI=1S/C21H26N4O3.HI/c1-6-28-12-15-10-22-14(3)24-21(15)23-11-19(26)20-13(2)25(4)18-8-7-16(27-5)9-17(18)20;/h7-10H,6,11-12H2,1-5H3,(H,22,23,24);1H/p-1. The van der Waals surface area contributed by atoms with Gasteiger partial charge < -0.3 is 43.3 Å². The molecule has 0 saturated heterocycles. The van der Waals surface area contributed by atoms with Gasteiger partial charge in [0.2, 0.25) is 0 Å². The van der Waals surface area contributed by atoms with Crippen LogP contribution in [0.2, 0.25) is 0 Å². The summed E-state index contributed by atoms with van der Waals surface area (Å²) in [6, 6.07) is 5.78. The third-order valence-electron chi connectivity index (χ3n) is 4.84. The van der Waals surface area contributed by atoms with E-state index in [0.717, 1.165) is 27.9 Å². The van der Waals surface area contributed by atoms with Crippen molar-refractivity contribution in [2.45, 2.75) is 27.4 Å². The molecule has 29 heavy (non-hydrogen) atoms. The van der Waals surface area contributed by atoms with Gasteiger partial charge in [-0.15, -0.1) is 0 Å². The number of aromatic nitrogens is 3. The molecule has 2 aromatic heterocycles. The number of halogens is 1. The van der Waals surface area contributed by atoms with Crippen molar-refractivity contribution in [2.24, 2.45) is 7.05 Å². The lowest BCUT2D eigenvalue weighted by Gasteiger charge is -2.11. The van der Waals surface area contributed by atoms with Crippen LogP contribution in [0.3, 0.4) is 0 Å². The van der Waals surface area contributed by atoms with Crippen LogP contribution in [-0.4, -0.2) is 40.6 Å². The molecule has 8 heteroatoms. The molecular formula is C21H26IN4O3-. The SMILES string of the molecule is CCOCc1cnc(C)nc1NCC(=O)c1c(C)n(C)c2ccc(OC)cc12.[I-]. The molecule has 0 radical (unpaired) electrons. The fraction of sp³-hybridized carbons (Fsp3) is 0.381. The average Bonchev–Trinajstić information content (AvgIpc) is 2.95. The van der Waals surface area contributed by atoms with E-state index in [1.165, 1.54) is 0 Å². The highest BCUT2D eigenvalue weighted by atomic mass is 127. The number of carbonyl (C=O) groups excluding carboxylic acids is 1. The number of benzene rings is 1. The number of rotatable bonds is 8. The van der Waals surface area contributed by atoms with Crippen molar-refractivity contribution in [1.29, 1.82) is 0 Å². The largest absolute Gasteiger partial charge is 1.00 e. The molecule has 0 fully saturated rings. The van der Waals surface area contributed by atoms with E-state index in [1.807, 2.05) is 50.6 Å². The molecule has 0 bridgehead atoms. The monoisotopic (exact) mass is 509 g/mol. The number of fused-ring (bicyclic) bond motifs is 1. The highest BCUT2D eigenvalue weighted by Crippen LogP contribution is 2.29. The van der Waals surface area contributed by atoms with Crippen molar-refractivity contribution >= 4 is 22.5 Å². The number of nitrogens with zero attached hydrogens (tertiary/aromatic N) is 3. The van der Waals surface area contributed by atoms with E-state index in [0.29, 0.717) is 30.4 Å². The summed E-state index contributed by atoms with van der Waals surface area (Å²) in [5, 5.41) is 4.06. The fourth-order valence-corrected chi connectivity index (χ4v) is 3.25. The van der Waals surface area contributed by atoms with Crippen LogP contribution in [0.4, 0.5) is 5.82 Å². The third kappa shape index (κ3) is 4.87. The number of carbonyl (C=O) groups is 1. The van der Waals surface area contributed by atoms with Crippen LogP contribution in [0.5, 0.6) is 5.75 Å². The molecule has 3 aromatic rings. The Morgan fingerprint density at radius 1 is 1.28 bits per heavy atom. The van der Waals surface area contributed by atoms with Crippen LogP contribution in [0.25, 0.3) is 10.9 Å². The highest BCUT2D eigenvalue weighted by molar-refractivity contribution is 6.11. The molecule has 3 rings (SSSR count). The summed E-state index contributed by atoms with van der Waals surface area (Å²) in [6.07, 6.45) is 1.73. The van der Waals surface area contributed by atoms with Gasteiger partial charge in [0.1, 0.15) is 17.4 Å². The van der Waals surface area contributed by atoms with Crippen molar-refractivity contribution in [1.82, 2.24) is 14.5 Å². The van der Waals surface area contributed by atoms with Crippen LogP contribution in [0.15, 0.2) is 24.4 Å². The van der Waals surface area contributed by atoms with Crippen LogP contribution in [0.1, 0.15) is 34.4 Å². The van der Waals surface area contributed by atoms with Crippen molar-refractivity contribution in [3.63, 3.8) is 0 Å². The Morgan fingerprint density at radius 2 is 2.03 bits per heavy atom. The second-order valence-corrected chi connectivity index (χ2v) is 6.61. The Balaban J connectivity index is 0.00000300. The molecule has 156 valence electrons. The van der Waals surface area contributed by atoms with Gasteiger partial charge in [0.25, 0.3) is 0 Å². The minimum atomic E-state index is -0.00465. The number of nitrogens with one attached hydrogen (secondary N) is 1. The summed E-state index contributed by atoms with van der Waals surface area (Å²) in [5.74, 6) is 1.99. The van der Waals surface area contributed by atoms with Crippen molar-refractivity contribution in [3.05, 3.63) is 47.0 Å². The fourth-order valence-electron chi connectivity index (χ4n) is 3.25. The highest BCUT2D eigenvalue weighted by Gasteiger charge is 2.19. The molecule has 0 aliphatic rings. The summed E-state index contributed by atoms with van der Waals surface area (Å²) in [7, 11) is 3.58. The average molecular weight is 509 g/mol. The number of hydrogen-bond donors (Lipinski definition) is 1. The molecule has 0 unspecified atom stereocenters.